The predicted molar refractivity (Wildman–Crippen MR) is 76.0 cm³/mol. The van der Waals surface area contributed by atoms with E-state index in [1.807, 2.05) is 24.3 Å². The second-order valence-electron chi connectivity index (χ2n) is 5.89. The van der Waals surface area contributed by atoms with Gasteiger partial charge in [0.15, 0.2) is 0 Å². The van der Waals surface area contributed by atoms with Crippen molar-refractivity contribution in [3.8, 4) is 5.75 Å². The molecule has 2 atom stereocenters. The van der Waals surface area contributed by atoms with E-state index in [9.17, 15) is 4.79 Å². The van der Waals surface area contributed by atoms with Crippen molar-refractivity contribution in [2.75, 3.05) is 0 Å². The molecule has 0 aliphatic carbocycles. The van der Waals surface area contributed by atoms with Crippen molar-refractivity contribution in [1.29, 1.82) is 0 Å². The minimum Gasteiger partial charge on any atom is -0.490 e. The van der Waals surface area contributed by atoms with Gasteiger partial charge in [-0.05, 0) is 49.8 Å². The fourth-order valence-electron chi connectivity index (χ4n) is 3.28. The van der Waals surface area contributed by atoms with Crippen molar-refractivity contribution < 1.29 is 14.6 Å². The molecule has 2 saturated heterocycles. The number of hydrogen-bond acceptors (Lipinski definition) is 3. The van der Waals surface area contributed by atoms with Crippen LogP contribution < -0.4 is 10.1 Å². The second-order valence-corrected chi connectivity index (χ2v) is 5.89. The zero-order valence-corrected chi connectivity index (χ0v) is 11.5. The summed E-state index contributed by atoms with van der Waals surface area (Å²) < 4.78 is 6.06. The highest BCUT2D eigenvalue weighted by molar-refractivity contribution is 5.67. The van der Waals surface area contributed by atoms with Gasteiger partial charge in [-0.3, -0.25) is 4.79 Å². The standard InChI is InChI=1S/C16H21NO3/c18-16(19)8-3-11-1-6-14(7-2-11)20-15-9-12-4-5-13(10-15)17-12/h1-2,6-7,12-13,15,17H,3-5,8-10H2,(H,18,19). The molecule has 2 fully saturated rings. The maximum Gasteiger partial charge on any atom is 0.303 e. The zero-order chi connectivity index (χ0) is 13.9. The van der Waals surface area contributed by atoms with E-state index in [2.05, 4.69) is 5.32 Å². The number of carbonyl (C=O) groups is 1. The molecule has 20 heavy (non-hydrogen) atoms. The minimum atomic E-state index is -0.754. The molecule has 108 valence electrons. The smallest absolute Gasteiger partial charge is 0.303 e. The molecule has 1 aromatic rings. The van der Waals surface area contributed by atoms with E-state index < -0.39 is 5.97 Å². The molecule has 2 aliphatic heterocycles. The summed E-state index contributed by atoms with van der Waals surface area (Å²) in [6.07, 6.45) is 5.81. The highest BCUT2D eigenvalue weighted by Crippen LogP contribution is 2.29. The molecule has 0 spiro atoms. The lowest BCUT2D eigenvalue weighted by Gasteiger charge is -2.29. The number of rotatable bonds is 5. The fraction of sp³-hybridized carbons (Fsp3) is 0.562. The first-order valence-electron chi connectivity index (χ1n) is 7.42. The van der Waals surface area contributed by atoms with E-state index in [1.165, 1.54) is 12.8 Å². The Morgan fingerprint density at radius 3 is 2.45 bits per heavy atom. The number of carboxylic acid groups (broad SMARTS) is 1. The van der Waals surface area contributed by atoms with Gasteiger partial charge in [-0.25, -0.2) is 0 Å². The molecule has 3 rings (SSSR count). The lowest BCUT2D eigenvalue weighted by atomic mass is 10.0. The zero-order valence-electron chi connectivity index (χ0n) is 11.5. The molecule has 2 bridgehead atoms. The molecular formula is C16H21NO3. The first-order chi connectivity index (χ1) is 9.69. The molecule has 0 radical (unpaired) electrons. The number of nitrogens with one attached hydrogen (secondary N) is 1. The van der Waals surface area contributed by atoms with Crippen LogP contribution in [0.4, 0.5) is 0 Å². The summed E-state index contributed by atoms with van der Waals surface area (Å²) in [7, 11) is 0. The van der Waals surface area contributed by atoms with Crippen LogP contribution in [0.3, 0.4) is 0 Å². The Kier molecular flexibility index (Phi) is 3.92. The largest absolute Gasteiger partial charge is 0.490 e. The molecule has 2 aliphatic rings. The van der Waals surface area contributed by atoms with Crippen LogP contribution in [0, 0.1) is 0 Å². The molecule has 4 heteroatoms. The van der Waals surface area contributed by atoms with Gasteiger partial charge < -0.3 is 15.2 Å². The highest BCUT2D eigenvalue weighted by atomic mass is 16.5. The number of aryl methyl sites for hydroxylation is 1. The van der Waals surface area contributed by atoms with Crippen molar-refractivity contribution in [2.45, 2.75) is 56.7 Å². The van der Waals surface area contributed by atoms with Crippen LogP contribution in [-0.2, 0) is 11.2 Å². The van der Waals surface area contributed by atoms with E-state index in [0.717, 1.165) is 24.2 Å². The molecule has 2 unspecified atom stereocenters. The van der Waals surface area contributed by atoms with Gasteiger partial charge in [-0.15, -0.1) is 0 Å². The Labute approximate surface area is 119 Å². The lowest BCUT2D eigenvalue weighted by Crippen LogP contribution is -2.42. The SMILES string of the molecule is O=C(O)CCc1ccc(OC2CC3CCC(C2)N3)cc1. The fourth-order valence-corrected chi connectivity index (χ4v) is 3.28. The van der Waals surface area contributed by atoms with Crippen LogP contribution in [0.2, 0.25) is 0 Å². The van der Waals surface area contributed by atoms with Gasteiger partial charge in [0.25, 0.3) is 0 Å². The molecule has 1 aromatic carbocycles. The second kappa shape index (κ2) is 5.83. The molecule has 0 amide bonds. The quantitative estimate of drug-likeness (QED) is 0.866. The number of hydrogen-bond donors (Lipinski definition) is 2. The molecule has 4 nitrogen and oxygen atoms in total. The van der Waals surface area contributed by atoms with Crippen molar-refractivity contribution in [2.24, 2.45) is 0 Å². The van der Waals surface area contributed by atoms with Crippen LogP contribution in [0.1, 0.15) is 37.7 Å². The van der Waals surface area contributed by atoms with E-state index in [-0.39, 0.29) is 6.42 Å². The van der Waals surface area contributed by atoms with E-state index in [0.29, 0.717) is 24.6 Å². The predicted octanol–water partition coefficient (Wildman–Crippen LogP) is 2.37. The Hall–Kier alpha value is -1.55. The van der Waals surface area contributed by atoms with Crippen molar-refractivity contribution in [3.63, 3.8) is 0 Å². The summed E-state index contributed by atoms with van der Waals surface area (Å²) >= 11 is 0. The maximum absolute atomic E-state index is 10.5. The van der Waals surface area contributed by atoms with Crippen molar-refractivity contribution >= 4 is 5.97 Å². The molecule has 2 heterocycles. The van der Waals surface area contributed by atoms with Crippen molar-refractivity contribution in [1.82, 2.24) is 5.32 Å². The number of carboxylic acids is 1. The van der Waals surface area contributed by atoms with Crippen LogP contribution in [0.25, 0.3) is 0 Å². The third-order valence-electron chi connectivity index (χ3n) is 4.28. The van der Waals surface area contributed by atoms with Gasteiger partial charge in [0.05, 0.1) is 0 Å². The Bertz CT molecular complexity index is 459. The van der Waals surface area contributed by atoms with Gasteiger partial charge in [0.1, 0.15) is 11.9 Å². The average Bonchev–Trinajstić information content (AvgIpc) is 2.77. The third-order valence-corrected chi connectivity index (χ3v) is 4.28. The van der Waals surface area contributed by atoms with Gasteiger partial charge in [0.2, 0.25) is 0 Å². The molecule has 2 N–H and O–H groups in total. The number of ether oxygens (including phenoxy) is 1. The Morgan fingerprint density at radius 1 is 1.20 bits per heavy atom. The number of fused-ring (bicyclic) bond motifs is 2. The van der Waals surface area contributed by atoms with E-state index in [4.69, 9.17) is 9.84 Å². The van der Waals surface area contributed by atoms with Gasteiger partial charge >= 0.3 is 5.97 Å². The number of piperidine rings is 1. The van der Waals surface area contributed by atoms with Gasteiger partial charge in [0, 0.05) is 18.5 Å². The summed E-state index contributed by atoms with van der Waals surface area (Å²) in [6.45, 7) is 0. The van der Waals surface area contributed by atoms with Crippen LogP contribution in [0.15, 0.2) is 24.3 Å². The van der Waals surface area contributed by atoms with E-state index in [1.54, 1.807) is 0 Å². The number of aliphatic carboxylic acids is 1. The highest BCUT2D eigenvalue weighted by Gasteiger charge is 2.34. The summed E-state index contributed by atoms with van der Waals surface area (Å²) in [5, 5.41) is 12.3. The average molecular weight is 275 g/mol. The third kappa shape index (κ3) is 3.31. The summed E-state index contributed by atoms with van der Waals surface area (Å²) in [4.78, 5) is 10.5. The van der Waals surface area contributed by atoms with Crippen LogP contribution in [0.5, 0.6) is 5.75 Å². The first kappa shape index (κ1) is 13.4. The lowest BCUT2D eigenvalue weighted by molar-refractivity contribution is -0.136. The van der Waals surface area contributed by atoms with Crippen LogP contribution in [-0.4, -0.2) is 29.3 Å². The van der Waals surface area contributed by atoms with Crippen LogP contribution >= 0.6 is 0 Å². The summed E-state index contributed by atoms with van der Waals surface area (Å²) in [6, 6.07) is 9.12. The molecular weight excluding hydrogens is 254 g/mol. The Balaban J connectivity index is 1.54. The monoisotopic (exact) mass is 275 g/mol. The summed E-state index contributed by atoms with van der Waals surface area (Å²) in [5.41, 5.74) is 1.05. The number of benzene rings is 1. The van der Waals surface area contributed by atoms with Gasteiger partial charge in [-0.1, -0.05) is 12.1 Å². The topological polar surface area (TPSA) is 58.6 Å². The molecule has 0 saturated carbocycles. The first-order valence-corrected chi connectivity index (χ1v) is 7.42. The minimum absolute atomic E-state index is 0.178. The summed E-state index contributed by atoms with van der Waals surface area (Å²) in [5.74, 6) is 0.144. The van der Waals surface area contributed by atoms with Gasteiger partial charge in [-0.2, -0.15) is 0 Å². The maximum atomic E-state index is 10.5. The Morgan fingerprint density at radius 2 is 1.85 bits per heavy atom. The van der Waals surface area contributed by atoms with Crippen molar-refractivity contribution in [3.05, 3.63) is 29.8 Å². The molecule has 0 aromatic heterocycles. The van der Waals surface area contributed by atoms with E-state index >= 15 is 0 Å². The normalized spacial score (nSPS) is 28.3.